The third-order valence-corrected chi connectivity index (χ3v) is 5.57. The summed E-state index contributed by atoms with van der Waals surface area (Å²) in [5.74, 6) is 0.903. The van der Waals surface area contributed by atoms with Crippen molar-refractivity contribution in [2.24, 2.45) is 0 Å². The van der Waals surface area contributed by atoms with Crippen LogP contribution in [0.1, 0.15) is 19.3 Å². The molecule has 2 aromatic rings. The Morgan fingerprint density at radius 1 is 1.12 bits per heavy atom. The summed E-state index contributed by atoms with van der Waals surface area (Å²) in [6, 6.07) is 1.99. The van der Waals surface area contributed by atoms with Gasteiger partial charge in [0, 0.05) is 31.2 Å². The lowest BCUT2D eigenvalue weighted by atomic mass is 10.2. The lowest BCUT2D eigenvalue weighted by Gasteiger charge is -2.34. The minimum atomic E-state index is -0.810. The standard InChI is InChI=1S/C16H22N6O2/c23-7-13(24)6-20-9-19-14-15(20)17-8-18-16(14)22-5-11-3-12(22)4-21(11)10-1-2-10/h8-13,23-24H,1-7H2/t11-,12-,13-/m0/s1. The molecule has 5 rings (SSSR count). The topological polar surface area (TPSA) is 90.5 Å². The third kappa shape index (κ3) is 2.21. The molecule has 3 fully saturated rings. The Labute approximate surface area is 139 Å². The second kappa shape index (κ2) is 5.37. The van der Waals surface area contributed by atoms with Gasteiger partial charge in [0.1, 0.15) is 6.33 Å². The van der Waals surface area contributed by atoms with Gasteiger partial charge in [-0.2, -0.15) is 0 Å². The summed E-state index contributed by atoms with van der Waals surface area (Å²) in [5.41, 5.74) is 1.50. The first-order valence-electron chi connectivity index (χ1n) is 8.71. The van der Waals surface area contributed by atoms with Gasteiger partial charge in [-0.15, -0.1) is 0 Å². The molecule has 1 aliphatic carbocycles. The molecule has 2 saturated heterocycles. The maximum Gasteiger partial charge on any atom is 0.165 e. The van der Waals surface area contributed by atoms with Gasteiger partial charge in [0.2, 0.25) is 0 Å². The van der Waals surface area contributed by atoms with Crippen molar-refractivity contribution in [1.29, 1.82) is 0 Å². The summed E-state index contributed by atoms with van der Waals surface area (Å²) in [6.07, 6.45) is 6.37. The molecule has 24 heavy (non-hydrogen) atoms. The number of anilines is 1. The summed E-state index contributed by atoms with van der Waals surface area (Å²) >= 11 is 0. The molecule has 2 bridgehead atoms. The Balaban J connectivity index is 1.44. The second-order valence-electron chi connectivity index (χ2n) is 7.23. The van der Waals surface area contributed by atoms with Crippen molar-refractivity contribution in [3.05, 3.63) is 12.7 Å². The van der Waals surface area contributed by atoms with Crippen LogP contribution < -0.4 is 4.90 Å². The zero-order chi connectivity index (χ0) is 16.3. The zero-order valence-corrected chi connectivity index (χ0v) is 13.5. The molecule has 0 aromatic carbocycles. The molecular weight excluding hydrogens is 308 g/mol. The van der Waals surface area contributed by atoms with E-state index in [4.69, 9.17) is 5.11 Å². The summed E-state index contributed by atoms with van der Waals surface area (Å²) in [6.45, 7) is 2.15. The molecule has 3 aliphatic rings. The van der Waals surface area contributed by atoms with Crippen LogP contribution in [0.2, 0.25) is 0 Å². The number of aliphatic hydroxyl groups excluding tert-OH is 2. The van der Waals surface area contributed by atoms with Gasteiger partial charge in [0.05, 0.1) is 25.6 Å². The number of imidazole rings is 1. The highest BCUT2D eigenvalue weighted by Gasteiger charge is 2.48. The Hall–Kier alpha value is -1.77. The predicted molar refractivity (Wildman–Crippen MR) is 87.7 cm³/mol. The Morgan fingerprint density at radius 3 is 2.71 bits per heavy atom. The lowest BCUT2D eigenvalue weighted by molar-refractivity contribution is 0.0820. The molecular formula is C16H22N6O2. The van der Waals surface area contributed by atoms with Crippen LogP contribution in [0.5, 0.6) is 0 Å². The molecule has 128 valence electrons. The van der Waals surface area contributed by atoms with Crippen molar-refractivity contribution in [1.82, 2.24) is 24.4 Å². The molecule has 4 heterocycles. The van der Waals surface area contributed by atoms with E-state index >= 15 is 0 Å². The van der Waals surface area contributed by atoms with Gasteiger partial charge >= 0.3 is 0 Å². The second-order valence-corrected chi connectivity index (χ2v) is 7.23. The number of nitrogens with zero attached hydrogens (tertiary/aromatic N) is 6. The van der Waals surface area contributed by atoms with E-state index < -0.39 is 6.10 Å². The van der Waals surface area contributed by atoms with Crippen LogP contribution in [0.25, 0.3) is 11.2 Å². The minimum Gasteiger partial charge on any atom is -0.394 e. The number of aliphatic hydroxyl groups is 2. The van der Waals surface area contributed by atoms with Crippen molar-refractivity contribution < 1.29 is 10.2 Å². The van der Waals surface area contributed by atoms with Gasteiger partial charge in [0.25, 0.3) is 0 Å². The van der Waals surface area contributed by atoms with Crippen LogP contribution in [0.15, 0.2) is 12.7 Å². The molecule has 1 saturated carbocycles. The van der Waals surface area contributed by atoms with E-state index in [0.717, 1.165) is 30.5 Å². The fourth-order valence-electron chi connectivity index (χ4n) is 4.31. The van der Waals surface area contributed by atoms with Crippen LogP contribution in [-0.2, 0) is 6.54 Å². The Kier molecular flexibility index (Phi) is 3.26. The van der Waals surface area contributed by atoms with Crippen molar-refractivity contribution in [2.75, 3.05) is 24.6 Å². The first-order valence-corrected chi connectivity index (χ1v) is 8.71. The molecule has 0 unspecified atom stereocenters. The van der Waals surface area contributed by atoms with Crippen molar-refractivity contribution in [2.45, 2.75) is 50.0 Å². The molecule has 2 aliphatic heterocycles. The Morgan fingerprint density at radius 2 is 2.00 bits per heavy atom. The quantitative estimate of drug-likeness (QED) is 0.771. The van der Waals surface area contributed by atoms with E-state index in [-0.39, 0.29) is 13.2 Å². The van der Waals surface area contributed by atoms with Gasteiger partial charge < -0.3 is 19.7 Å². The number of rotatable bonds is 5. The van der Waals surface area contributed by atoms with Gasteiger partial charge in [-0.1, -0.05) is 0 Å². The smallest absolute Gasteiger partial charge is 0.165 e. The highest BCUT2D eigenvalue weighted by molar-refractivity contribution is 5.83. The first kappa shape index (κ1) is 14.6. The monoisotopic (exact) mass is 330 g/mol. The number of aromatic nitrogens is 4. The van der Waals surface area contributed by atoms with Crippen molar-refractivity contribution in [3.8, 4) is 0 Å². The average Bonchev–Trinajstić information content (AvgIpc) is 3.07. The van der Waals surface area contributed by atoms with Crippen LogP contribution in [0.4, 0.5) is 5.82 Å². The van der Waals surface area contributed by atoms with Crippen molar-refractivity contribution >= 4 is 17.0 Å². The lowest BCUT2D eigenvalue weighted by Crippen LogP contribution is -2.47. The fraction of sp³-hybridized carbons (Fsp3) is 0.688. The largest absolute Gasteiger partial charge is 0.394 e. The van der Waals surface area contributed by atoms with E-state index in [1.807, 2.05) is 0 Å². The first-order chi connectivity index (χ1) is 11.7. The highest BCUT2D eigenvalue weighted by Crippen LogP contribution is 2.41. The number of hydrogen-bond donors (Lipinski definition) is 2. The maximum atomic E-state index is 9.69. The van der Waals surface area contributed by atoms with Gasteiger partial charge in [-0.05, 0) is 19.3 Å². The molecule has 2 N–H and O–H groups in total. The number of fused-ring (bicyclic) bond motifs is 3. The predicted octanol–water partition coefficient (Wildman–Crippen LogP) is -0.395. The third-order valence-electron chi connectivity index (χ3n) is 5.57. The van der Waals surface area contributed by atoms with Crippen LogP contribution in [0, 0.1) is 0 Å². The van der Waals surface area contributed by atoms with E-state index in [0.29, 0.717) is 17.7 Å². The molecule has 2 aromatic heterocycles. The van der Waals surface area contributed by atoms with Crippen LogP contribution in [0.3, 0.4) is 0 Å². The average molecular weight is 330 g/mol. The fourth-order valence-corrected chi connectivity index (χ4v) is 4.31. The molecule has 0 radical (unpaired) electrons. The molecule has 0 spiro atoms. The number of likely N-dealkylation sites (tertiary alicyclic amines) is 1. The summed E-state index contributed by atoms with van der Waals surface area (Å²) in [5, 5.41) is 18.7. The zero-order valence-electron chi connectivity index (χ0n) is 13.5. The van der Waals surface area contributed by atoms with Crippen LogP contribution in [-0.4, -0.2) is 78.6 Å². The highest BCUT2D eigenvalue weighted by atomic mass is 16.3. The number of piperazine rings is 1. The maximum absolute atomic E-state index is 9.69. The van der Waals surface area contributed by atoms with E-state index in [1.54, 1.807) is 17.2 Å². The van der Waals surface area contributed by atoms with E-state index in [1.165, 1.54) is 19.3 Å². The summed E-state index contributed by atoms with van der Waals surface area (Å²) in [7, 11) is 0. The molecule has 0 amide bonds. The van der Waals surface area contributed by atoms with Crippen molar-refractivity contribution in [3.63, 3.8) is 0 Å². The summed E-state index contributed by atoms with van der Waals surface area (Å²) in [4.78, 5) is 18.4. The number of hydrogen-bond acceptors (Lipinski definition) is 7. The van der Waals surface area contributed by atoms with Gasteiger partial charge in [-0.25, -0.2) is 15.0 Å². The van der Waals surface area contributed by atoms with E-state index in [2.05, 4.69) is 24.8 Å². The molecule has 3 atom stereocenters. The summed E-state index contributed by atoms with van der Waals surface area (Å²) < 4.78 is 1.78. The van der Waals surface area contributed by atoms with Crippen LogP contribution >= 0.6 is 0 Å². The molecule has 8 heteroatoms. The van der Waals surface area contributed by atoms with E-state index in [9.17, 15) is 5.11 Å². The van der Waals surface area contributed by atoms with Gasteiger partial charge in [-0.3, -0.25) is 4.90 Å². The normalized spacial score (nSPS) is 28.2. The van der Waals surface area contributed by atoms with Gasteiger partial charge in [0.15, 0.2) is 17.0 Å². The molecule has 8 nitrogen and oxygen atoms in total. The SMILES string of the molecule is OC[C@@H](O)Cn1cnc2c(N3C[C@@H]4C[C@H]3CN4C3CC3)ncnc21. The Bertz CT molecular complexity index is 760. The minimum absolute atomic E-state index is 0.273.